The van der Waals surface area contributed by atoms with Crippen LogP contribution in [-0.2, 0) is 4.79 Å². The summed E-state index contributed by atoms with van der Waals surface area (Å²) in [6.45, 7) is 7.49. The van der Waals surface area contributed by atoms with Crippen LogP contribution >= 0.6 is 0 Å². The second kappa shape index (κ2) is 4.50. The van der Waals surface area contributed by atoms with Crippen molar-refractivity contribution in [1.82, 2.24) is 0 Å². The lowest BCUT2D eigenvalue weighted by atomic mass is 9.88. The van der Waals surface area contributed by atoms with Crippen LogP contribution in [0.15, 0.2) is 0 Å². The molecule has 0 saturated heterocycles. The number of aliphatic hydroxyl groups excluding tert-OH is 1. The van der Waals surface area contributed by atoms with Crippen LogP contribution in [0, 0.1) is 11.8 Å². The zero-order chi connectivity index (χ0) is 9.02. The molecule has 0 heterocycles. The quantitative estimate of drug-likeness (QED) is 0.675. The summed E-state index contributed by atoms with van der Waals surface area (Å²) in [6, 6.07) is 0. The van der Waals surface area contributed by atoms with Gasteiger partial charge in [-0.2, -0.15) is 0 Å². The minimum absolute atomic E-state index is 0.0139. The standard InChI is InChI=1S/C9H18O2/c1-5-6(2)7(3)9(11)8(4)10/h6-8,10H,5H2,1-4H3. The second-order valence-electron chi connectivity index (χ2n) is 3.25. The van der Waals surface area contributed by atoms with Gasteiger partial charge in [0.05, 0.1) is 0 Å². The van der Waals surface area contributed by atoms with Crippen molar-refractivity contribution in [3.8, 4) is 0 Å². The lowest BCUT2D eigenvalue weighted by Gasteiger charge is -2.17. The van der Waals surface area contributed by atoms with Gasteiger partial charge in [-0.15, -0.1) is 0 Å². The summed E-state index contributed by atoms with van der Waals surface area (Å²) in [6.07, 6.45) is 0.179. The average Bonchev–Trinajstić information content (AvgIpc) is 2.00. The average molecular weight is 158 g/mol. The van der Waals surface area contributed by atoms with Crippen molar-refractivity contribution in [1.29, 1.82) is 0 Å². The third-order valence-electron chi connectivity index (χ3n) is 2.36. The zero-order valence-corrected chi connectivity index (χ0v) is 7.79. The van der Waals surface area contributed by atoms with E-state index in [0.717, 1.165) is 6.42 Å². The topological polar surface area (TPSA) is 37.3 Å². The highest BCUT2D eigenvalue weighted by Gasteiger charge is 2.21. The molecule has 0 aromatic rings. The summed E-state index contributed by atoms with van der Waals surface area (Å²) in [7, 11) is 0. The Kier molecular flexibility index (Phi) is 4.34. The Bertz CT molecular complexity index is 130. The minimum atomic E-state index is -0.806. The fourth-order valence-electron chi connectivity index (χ4n) is 1.01. The van der Waals surface area contributed by atoms with Crippen molar-refractivity contribution in [3.05, 3.63) is 0 Å². The van der Waals surface area contributed by atoms with Gasteiger partial charge in [-0.1, -0.05) is 27.2 Å². The van der Waals surface area contributed by atoms with Crippen LogP contribution in [-0.4, -0.2) is 17.0 Å². The first kappa shape index (κ1) is 10.6. The Labute approximate surface area is 68.6 Å². The molecule has 0 rings (SSSR count). The third-order valence-corrected chi connectivity index (χ3v) is 2.36. The van der Waals surface area contributed by atoms with E-state index in [9.17, 15) is 4.79 Å². The van der Waals surface area contributed by atoms with Gasteiger partial charge >= 0.3 is 0 Å². The van der Waals surface area contributed by atoms with Gasteiger partial charge in [0.2, 0.25) is 0 Å². The van der Waals surface area contributed by atoms with E-state index in [-0.39, 0.29) is 11.7 Å². The van der Waals surface area contributed by atoms with Crippen molar-refractivity contribution in [3.63, 3.8) is 0 Å². The lowest BCUT2D eigenvalue weighted by Crippen LogP contribution is -2.27. The Morgan fingerprint density at radius 1 is 1.36 bits per heavy atom. The molecule has 0 amide bonds. The molecule has 3 unspecified atom stereocenters. The predicted octanol–water partition coefficient (Wildman–Crippen LogP) is 1.62. The molecule has 66 valence electrons. The first-order chi connectivity index (χ1) is 5.00. The van der Waals surface area contributed by atoms with Gasteiger partial charge in [0, 0.05) is 5.92 Å². The van der Waals surface area contributed by atoms with Crippen LogP contribution in [0.2, 0.25) is 0 Å². The smallest absolute Gasteiger partial charge is 0.164 e. The fourth-order valence-corrected chi connectivity index (χ4v) is 1.01. The normalized spacial score (nSPS) is 19.0. The van der Waals surface area contributed by atoms with Crippen LogP contribution in [0.1, 0.15) is 34.1 Å². The van der Waals surface area contributed by atoms with Gasteiger partial charge in [-0.05, 0) is 12.8 Å². The molecule has 0 aliphatic carbocycles. The molecule has 1 N–H and O–H groups in total. The van der Waals surface area contributed by atoms with Crippen LogP contribution in [0.4, 0.5) is 0 Å². The molecule has 2 heteroatoms. The summed E-state index contributed by atoms with van der Waals surface area (Å²) in [5, 5.41) is 8.99. The van der Waals surface area contributed by atoms with E-state index in [1.165, 1.54) is 6.92 Å². The van der Waals surface area contributed by atoms with Gasteiger partial charge < -0.3 is 5.11 Å². The van der Waals surface area contributed by atoms with Gasteiger partial charge in [0.15, 0.2) is 5.78 Å². The van der Waals surface area contributed by atoms with Gasteiger partial charge in [-0.25, -0.2) is 0 Å². The molecule has 0 aromatic carbocycles. The highest BCUT2D eigenvalue weighted by molar-refractivity contribution is 5.84. The minimum Gasteiger partial charge on any atom is -0.386 e. The van der Waals surface area contributed by atoms with Crippen molar-refractivity contribution in [2.75, 3.05) is 0 Å². The summed E-state index contributed by atoms with van der Waals surface area (Å²) < 4.78 is 0. The van der Waals surface area contributed by atoms with E-state index in [2.05, 4.69) is 6.92 Å². The Hall–Kier alpha value is -0.370. The molecule has 0 fully saturated rings. The van der Waals surface area contributed by atoms with Gasteiger partial charge in [0.1, 0.15) is 6.10 Å². The van der Waals surface area contributed by atoms with Crippen molar-refractivity contribution >= 4 is 5.78 Å². The number of Topliss-reactive ketones (excluding diaryl/α,β-unsaturated/α-hetero) is 1. The van der Waals surface area contributed by atoms with E-state index in [0.29, 0.717) is 5.92 Å². The molecular weight excluding hydrogens is 140 g/mol. The van der Waals surface area contributed by atoms with E-state index in [1.807, 2.05) is 13.8 Å². The molecule has 3 atom stereocenters. The molecule has 0 aliphatic heterocycles. The molecule has 0 aliphatic rings. The molecule has 0 radical (unpaired) electrons. The van der Waals surface area contributed by atoms with Crippen LogP contribution in [0.5, 0.6) is 0 Å². The monoisotopic (exact) mass is 158 g/mol. The third kappa shape index (κ3) is 3.02. The molecular formula is C9H18O2. The van der Waals surface area contributed by atoms with E-state index in [1.54, 1.807) is 0 Å². The molecule has 11 heavy (non-hydrogen) atoms. The molecule has 0 saturated carbocycles. The van der Waals surface area contributed by atoms with Crippen LogP contribution < -0.4 is 0 Å². The Balaban J connectivity index is 4.02. The number of hydrogen-bond acceptors (Lipinski definition) is 2. The maximum Gasteiger partial charge on any atom is 0.164 e. The van der Waals surface area contributed by atoms with Crippen molar-refractivity contribution in [2.45, 2.75) is 40.2 Å². The summed E-state index contributed by atoms with van der Waals surface area (Å²) in [5.74, 6) is 0.316. The number of carbonyl (C=O) groups excluding carboxylic acids is 1. The van der Waals surface area contributed by atoms with E-state index in [4.69, 9.17) is 5.11 Å². The highest BCUT2D eigenvalue weighted by Crippen LogP contribution is 2.16. The van der Waals surface area contributed by atoms with Gasteiger partial charge in [0.25, 0.3) is 0 Å². The Morgan fingerprint density at radius 2 is 1.82 bits per heavy atom. The Morgan fingerprint density at radius 3 is 2.09 bits per heavy atom. The van der Waals surface area contributed by atoms with E-state index < -0.39 is 6.10 Å². The number of ketones is 1. The zero-order valence-electron chi connectivity index (χ0n) is 7.79. The molecule has 0 spiro atoms. The highest BCUT2D eigenvalue weighted by atomic mass is 16.3. The maximum absolute atomic E-state index is 11.2. The first-order valence-electron chi connectivity index (χ1n) is 4.22. The largest absolute Gasteiger partial charge is 0.386 e. The number of aliphatic hydroxyl groups is 1. The first-order valence-corrected chi connectivity index (χ1v) is 4.22. The molecule has 2 nitrogen and oxygen atoms in total. The van der Waals surface area contributed by atoms with Gasteiger partial charge in [-0.3, -0.25) is 4.79 Å². The predicted molar refractivity (Wildman–Crippen MR) is 45.3 cm³/mol. The summed E-state index contributed by atoms with van der Waals surface area (Å²) in [5.41, 5.74) is 0. The number of carbonyl (C=O) groups is 1. The number of rotatable bonds is 4. The molecule has 0 aromatic heterocycles. The lowest BCUT2D eigenvalue weighted by molar-refractivity contribution is -0.131. The fraction of sp³-hybridized carbons (Fsp3) is 0.889. The van der Waals surface area contributed by atoms with E-state index >= 15 is 0 Å². The summed E-state index contributed by atoms with van der Waals surface area (Å²) in [4.78, 5) is 11.2. The van der Waals surface area contributed by atoms with Crippen LogP contribution in [0.25, 0.3) is 0 Å². The SMILES string of the molecule is CCC(C)C(C)C(=O)C(C)O. The second-order valence-corrected chi connectivity index (χ2v) is 3.25. The molecule has 0 bridgehead atoms. The summed E-state index contributed by atoms with van der Waals surface area (Å²) >= 11 is 0. The van der Waals surface area contributed by atoms with Crippen molar-refractivity contribution in [2.24, 2.45) is 11.8 Å². The van der Waals surface area contributed by atoms with Crippen molar-refractivity contribution < 1.29 is 9.90 Å². The van der Waals surface area contributed by atoms with Crippen LogP contribution in [0.3, 0.4) is 0 Å². The maximum atomic E-state index is 11.2. The number of hydrogen-bond donors (Lipinski definition) is 1.